The van der Waals surface area contributed by atoms with Crippen LogP contribution in [-0.2, 0) is 19.4 Å². The first-order chi connectivity index (χ1) is 8.36. The van der Waals surface area contributed by atoms with E-state index in [-0.39, 0.29) is 0 Å². The molecule has 1 aliphatic carbocycles. The van der Waals surface area contributed by atoms with Crippen LogP contribution < -0.4 is 5.73 Å². The number of hydrogen-bond acceptors (Lipinski definition) is 1. The molecule has 3 rings (SSSR count). The van der Waals surface area contributed by atoms with Crippen LogP contribution in [0.5, 0.6) is 0 Å². The molecule has 1 nitrogen and oxygen atoms in total. The molecule has 0 saturated carbocycles. The van der Waals surface area contributed by atoms with Crippen molar-refractivity contribution in [2.45, 2.75) is 25.8 Å². The molecular weight excluding hydrogens is 206 g/mol. The van der Waals surface area contributed by atoms with Gasteiger partial charge in [0.2, 0.25) is 0 Å². The summed E-state index contributed by atoms with van der Waals surface area (Å²) in [5, 5.41) is 0. The number of rotatable bonds is 2. The lowest BCUT2D eigenvalue weighted by molar-refractivity contribution is 0.912. The molecule has 86 valence electrons. The van der Waals surface area contributed by atoms with Gasteiger partial charge in [0, 0.05) is 6.54 Å². The monoisotopic (exact) mass is 223 g/mol. The van der Waals surface area contributed by atoms with Gasteiger partial charge in [-0.25, -0.2) is 0 Å². The van der Waals surface area contributed by atoms with Crippen molar-refractivity contribution in [3.05, 3.63) is 59.2 Å². The summed E-state index contributed by atoms with van der Waals surface area (Å²) in [6.45, 7) is 0.616. The number of hydrogen-bond donors (Lipinski definition) is 1. The van der Waals surface area contributed by atoms with Crippen molar-refractivity contribution in [3.8, 4) is 11.1 Å². The number of fused-ring (bicyclic) bond motifs is 1. The first kappa shape index (κ1) is 10.5. The Balaban J connectivity index is 1.97. The second-order valence-corrected chi connectivity index (χ2v) is 4.74. The highest BCUT2D eigenvalue weighted by Gasteiger charge is 2.11. The van der Waals surface area contributed by atoms with Crippen LogP contribution in [0, 0.1) is 0 Å². The van der Waals surface area contributed by atoms with E-state index in [4.69, 9.17) is 5.73 Å². The third-order valence-corrected chi connectivity index (χ3v) is 3.62. The van der Waals surface area contributed by atoms with Crippen molar-refractivity contribution in [2.75, 3.05) is 0 Å². The lowest BCUT2D eigenvalue weighted by atomic mass is 10.00. The zero-order valence-corrected chi connectivity index (χ0v) is 9.95. The summed E-state index contributed by atoms with van der Waals surface area (Å²) in [6.07, 6.45) is 3.80. The van der Waals surface area contributed by atoms with E-state index in [0.29, 0.717) is 6.54 Å². The molecule has 2 aromatic carbocycles. The molecule has 0 fully saturated rings. The third-order valence-electron chi connectivity index (χ3n) is 3.62. The average molecular weight is 223 g/mol. The van der Waals surface area contributed by atoms with Crippen LogP contribution in [0.1, 0.15) is 23.1 Å². The largest absolute Gasteiger partial charge is 0.326 e. The minimum Gasteiger partial charge on any atom is -0.326 e. The Hall–Kier alpha value is -1.60. The summed E-state index contributed by atoms with van der Waals surface area (Å²) in [4.78, 5) is 0. The normalized spacial score (nSPS) is 13.7. The van der Waals surface area contributed by atoms with Gasteiger partial charge in [0.15, 0.2) is 0 Å². The molecule has 0 saturated heterocycles. The van der Waals surface area contributed by atoms with Gasteiger partial charge in [-0.05, 0) is 47.1 Å². The Labute approximate surface area is 102 Å². The lowest BCUT2D eigenvalue weighted by Crippen LogP contribution is -1.95. The van der Waals surface area contributed by atoms with Crippen LogP contribution in [0.2, 0.25) is 0 Å². The maximum atomic E-state index is 5.61. The fourth-order valence-corrected chi connectivity index (χ4v) is 2.58. The first-order valence-corrected chi connectivity index (χ1v) is 6.28. The highest BCUT2D eigenvalue weighted by molar-refractivity contribution is 5.65. The average Bonchev–Trinajstić information content (AvgIpc) is 2.86. The minimum atomic E-state index is 0.616. The fourth-order valence-electron chi connectivity index (χ4n) is 2.58. The second kappa shape index (κ2) is 4.34. The third kappa shape index (κ3) is 1.98. The molecule has 2 N–H and O–H groups in total. The summed E-state index contributed by atoms with van der Waals surface area (Å²) < 4.78 is 0. The zero-order chi connectivity index (χ0) is 11.7. The summed E-state index contributed by atoms with van der Waals surface area (Å²) in [5.41, 5.74) is 12.5. The van der Waals surface area contributed by atoms with E-state index < -0.39 is 0 Å². The van der Waals surface area contributed by atoms with Crippen LogP contribution in [0.15, 0.2) is 42.5 Å². The molecule has 2 aromatic rings. The Morgan fingerprint density at radius 3 is 2.29 bits per heavy atom. The number of aryl methyl sites for hydroxylation is 2. The van der Waals surface area contributed by atoms with Gasteiger partial charge in [0.25, 0.3) is 0 Å². The Bertz CT molecular complexity index is 526. The van der Waals surface area contributed by atoms with Gasteiger partial charge in [0.1, 0.15) is 0 Å². The fraction of sp³-hybridized carbons (Fsp3) is 0.250. The van der Waals surface area contributed by atoms with Crippen molar-refractivity contribution in [1.29, 1.82) is 0 Å². The molecule has 1 aliphatic rings. The predicted molar refractivity (Wildman–Crippen MR) is 71.8 cm³/mol. The maximum absolute atomic E-state index is 5.61. The SMILES string of the molecule is NCc1ccc(-c2ccc3c(c2)CCC3)cc1. The molecule has 0 unspecified atom stereocenters. The molecular formula is C16H17N. The van der Waals surface area contributed by atoms with Crippen LogP contribution >= 0.6 is 0 Å². The van der Waals surface area contributed by atoms with E-state index in [1.54, 1.807) is 0 Å². The van der Waals surface area contributed by atoms with Gasteiger partial charge in [-0.15, -0.1) is 0 Å². The van der Waals surface area contributed by atoms with Gasteiger partial charge in [-0.3, -0.25) is 0 Å². The van der Waals surface area contributed by atoms with Gasteiger partial charge in [-0.2, -0.15) is 0 Å². The molecule has 0 atom stereocenters. The van der Waals surface area contributed by atoms with E-state index >= 15 is 0 Å². The summed E-state index contributed by atoms with van der Waals surface area (Å²) >= 11 is 0. The van der Waals surface area contributed by atoms with Gasteiger partial charge in [-0.1, -0.05) is 42.5 Å². The van der Waals surface area contributed by atoms with Crippen molar-refractivity contribution >= 4 is 0 Å². The summed E-state index contributed by atoms with van der Waals surface area (Å²) in [6, 6.07) is 15.4. The van der Waals surface area contributed by atoms with Crippen molar-refractivity contribution < 1.29 is 0 Å². The first-order valence-electron chi connectivity index (χ1n) is 6.28. The van der Waals surface area contributed by atoms with Crippen LogP contribution in [-0.4, -0.2) is 0 Å². The topological polar surface area (TPSA) is 26.0 Å². The molecule has 0 aromatic heterocycles. The van der Waals surface area contributed by atoms with Crippen molar-refractivity contribution in [2.24, 2.45) is 5.73 Å². The smallest absolute Gasteiger partial charge is 0.0178 e. The standard InChI is InChI=1S/C16H17N/c17-11-12-4-6-14(7-5-12)16-9-8-13-2-1-3-15(13)10-16/h4-10H,1-3,11,17H2. The Morgan fingerprint density at radius 2 is 1.53 bits per heavy atom. The van der Waals surface area contributed by atoms with Crippen LogP contribution in [0.4, 0.5) is 0 Å². The quantitative estimate of drug-likeness (QED) is 0.830. The maximum Gasteiger partial charge on any atom is 0.0178 e. The Kier molecular flexibility index (Phi) is 2.69. The molecule has 0 heterocycles. The predicted octanol–water partition coefficient (Wildman–Crippen LogP) is 3.30. The lowest BCUT2D eigenvalue weighted by Gasteiger charge is -2.06. The minimum absolute atomic E-state index is 0.616. The number of nitrogens with two attached hydrogens (primary N) is 1. The van der Waals surface area contributed by atoms with Crippen molar-refractivity contribution in [3.63, 3.8) is 0 Å². The van der Waals surface area contributed by atoms with Crippen LogP contribution in [0.25, 0.3) is 11.1 Å². The van der Waals surface area contributed by atoms with Gasteiger partial charge >= 0.3 is 0 Å². The molecule has 1 heteroatoms. The molecule has 0 spiro atoms. The van der Waals surface area contributed by atoms with Crippen LogP contribution in [0.3, 0.4) is 0 Å². The zero-order valence-electron chi connectivity index (χ0n) is 9.95. The number of benzene rings is 2. The second-order valence-electron chi connectivity index (χ2n) is 4.74. The van der Waals surface area contributed by atoms with E-state index in [1.165, 1.54) is 47.1 Å². The molecule has 0 bridgehead atoms. The highest BCUT2D eigenvalue weighted by Crippen LogP contribution is 2.28. The summed E-state index contributed by atoms with van der Waals surface area (Å²) in [7, 11) is 0. The van der Waals surface area contributed by atoms with E-state index in [2.05, 4.69) is 42.5 Å². The highest BCUT2D eigenvalue weighted by atomic mass is 14.5. The summed E-state index contributed by atoms with van der Waals surface area (Å²) in [5.74, 6) is 0. The van der Waals surface area contributed by atoms with Gasteiger partial charge < -0.3 is 5.73 Å². The molecule has 0 amide bonds. The molecule has 0 radical (unpaired) electrons. The molecule has 17 heavy (non-hydrogen) atoms. The van der Waals surface area contributed by atoms with E-state index in [9.17, 15) is 0 Å². The van der Waals surface area contributed by atoms with Gasteiger partial charge in [0.05, 0.1) is 0 Å². The molecule has 0 aliphatic heterocycles. The van der Waals surface area contributed by atoms with Crippen molar-refractivity contribution in [1.82, 2.24) is 0 Å². The Morgan fingerprint density at radius 1 is 0.824 bits per heavy atom. The van der Waals surface area contributed by atoms with E-state index in [1.807, 2.05) is 0 Å². The van der Waals surface area contributed by atoms with E-state index in [0.717, 1.165) is 0 Å².